The molecule has 1 saturated heterocycles. The van der Waals surface area contributed by atoms with Gasteiger partial charge in [-0.05, 0) is 63.8 Å². The van der Waals surface area contributed by atoms with Gasteiger partial charge in [-0.25, -0.2) is 9.48 Å². The quantitative estimate of drug-likeness (QED) is 0.150. The molecule has 1 fully saturated rings. The van der Waals surface area contributed by atoms with E-state index in [1.807, 2.05) is 47.6 Å². The molecule has 4 N–H and O–H groups in total. The van der Waals surface area contributed by atoms with Gasteiger partial charge >= 0.3 is 20.7 Å². The highest BCUT2D eigenvalue weighted by atomic mass is 31.2. The fourth-order valence-electron chi connectivity index (χ4n) is 5.07. The monoisotopic (exact) mass is 722 g/mol. The molecule has 0 unspecified atom stereocenters. The summed E-state index contributed by atoms with van der Waals surface area (Å²) < 4.78 is 27.8. The number of benzene rings is 1. The number of amides is 2. The number of methoxy groups -OCH3 is 2. The lowest BCUT2D eigenvalue weighted by atomic mass is 9.78. The topological polar surface area (TPSA) is 198 Å². The molecule has 0 atom stereocenters. The van der Waals surface area contributed by atoms with Gasteiger partial charge in [-0.3, -0.25) is 14.3 Å². The minimum Gasteiger partial charge on any atom is -0.453 e. The van der Waals surface area contributed by atoms with Gasteiger partial charge in [0.2, 0.25) is 0 Å². The zero-order valence-electron chi connectivity index (χ0n) is 30.3. The lowest BCUT2D eigenvalue weighted by molar-refractivity contribution is -0.149. The summed E-state index contributed by atoms with van der Waals surface area (Å²) in [5, 5.41) is 13.6. The molecule has 0 radical (unpaired) electrons. The molecule has 0 saturated carbocycles. The molecule has 0 bridgehead atoms. The number of carbonyl (C=O) groups excluding carboxylic acids is 3. The Morgan fingerprint density at radius 3 is 2.32 bits per heavy atom. The van der Waals surface area contributed by atoms with Crippen molar-refractivity contribution in [2.24, 2.45) is 7.05 Å². The van der Waals surface area contributed by atoms with E-state index in [0.29, 0.717) is 28.5 Å². The predicted molar refractivity (Wildman–Crippen MR) is 186 cm³/mol. The SMILES string of the molecule is C1CCOC1.COC(=O)NC(C)C.COCc1cc(C(=O)Nc2ccnn2COC(=O)CC(C)(C)c2c(C)cc(C)cc2OP(O)O)n(C)n1. The van der Waals surface area contributed by atoms with Crippen LogP contribution in [0.1, 0.15) is 79.8 Å². The number of nitrogens with zero attached hydrogens (tertiary/aromatic N) is 4. The smallest absolute Gasteiger partial charge is 0.407 e. The Labute approximate surface area is 294 Å². The van der Waals surface area contributed by atoms with Crippen LogP contribution in [0.25, 0.3) is 0 Å². The number of hydrogen-bond donors (Lipinski definition) is 4. The molecule has 2 amide bonds. The number of esters is 1. The molecule has 17 heteroatoms. The zero-order valence-corrected chi connectivity index (χ0v) is 31.2. The highest BCUT2D eigenvalue weighted by Gasteiger charge is 2.31. The van der Waals surface area contributed by atoms with Crippen LogP contribution in [0.15, 0.2) is 30.5 Å². The standard InChI is InChI=1S/C24H32N5O7P.C5H11NO2.C4H8O/c1-15-9-16(2)22(19(10-15)36-37(32)33)24(3,4)12-21(30)35-14-29-20(7-8-25-29)26-23(31)18-11-17(13-34-6)27-28(18)5;1-4(2)6-5(7)8-3;1-2-4-5-3-1/h7-11,32-33H,12-14H2,1-6H3,(H,26,31);4H,1-3H3,(H,6,7);1-4H2. The third kappa shape index (κ3) is 14.0. The number of anilines is 1. The predicted octanol–water partition coefficient (Wildman–Crippen LogP) is 4.64. The average Bonchev–Trinajstić information content (AvgIpc) is 3.79. The van der Waals surface area contributed by atoms with Gasteiger partial charge in [-0.15, -0.1) is 0 Å². The normalized spacial score (nSPS) is 12.4. The Balaban J connectivity index is 0.000000557. The van der Waals surface area contributed by atoms with Gasteiger partial charge in [0.15, 0.2) is 6.73 Å². The summed E-state index contributed by atoms with van der Waals surface area (Å²) in [6, 6.07) is 7.01. The first-order valence-corrected chi connectivity index (χ1v) is 17.1. The van der Waals surface area contributed by atoms with E-state index in [4.69, 9.17) is 18.7 Å². The van der Waals surface area contributed by atoms with Gasteiger partial charge < -0.3 is 43.9 Å². The molecule has 2 aromatic heterocycles. The second-order valence-corrected chi connectivity index (χ2v) is 13.1. The van der Waals surface area contributed by atoms with E-state index >= 15 is 0 Å². The van der Waals surface area contributed by atoms with E-state index in [1.54, 1.807) is 32.4 Å². The van der Waals surface area contributed by atoms with E-state index in [2.05, 4.69) is 25.6 Å². The van der Waals surface area contributed by atoms with Gasteiger partial charge in [0.1, 0.15) is 17.3 Å². The van der Waals surface area contributed by atoms with Crippen molar-refractivity contribution in [3.05, 3.63) is 58.5 Å². The third-order valence-corrected chi connectivity index (χ3v) is 7.43. The summed E-state index contributed by atoms with van der Waals surface area (Å²) in [5.74, 6) is -0.250. The minimum atomic E-state index is -2.62. The van der Waals surface area contributed by atoms with Gasteiger partial charge in [0, 0.05) is 50.5 Å². The third-order valence-electron chi connectivity index (χ3n) is 7.07. The molecule has 1 aliphatic heterocycles. The number of aromatic nitrogens is 4. The number of rotatable bonds is 12. The number of nitrogens with one attached hydrogen (secondary N) is 2. The summed E-state index contributed by atoms with van der Waals surface area (Å²) in [7, 11) is 1.93. The van der Waals surface area contributed by atoms with Crippen LogP contribution in [-0.4, -0.2) is 80.8 Å². The molecule has 3 aromatic rings. The number of ether oxygens (including phenoxy) is 4. The lowest BCUT2D eigenvalue weighted by Crippen LogP contribution is -2.29. The summed E-state index contributed by atoms with van der Waals surface area (Å²) >= 11 is 0. The van der Waals surface area contributed by atoms with Gasteiger partial charge in [0.05, 0.1) is 32.0 Å². The molecular weight excluding hydrogens is 671 g/mol. The van der Waals surface area contributed by atoms with Crippen molar-refractivity contribution in [3.8, 4) is 5.75 Å². The summed E-state index contributed by atoms with van der Waals surface area (Å²) in [6.45, 7) is 13.2. The molecule has 50 heavy (non-hydrogen) atoms. The second-order valence-electron chi connectivity index (χ2n) is 12.4. The van der Waals surface area contributed by atoms with Crippen LogP contribution in [0.2, 0.25) is 0 Å². The first-order valence-electron chi connectivity index (χ1n) is 16.0. The molecule has 16 nitrogen and oxygen atoms in total. The van der Waals surface area contributed by atoms with E-state index in [1.165, 1.54) is 35.5 Å². The van der Waals surface area contributed by atoms with Gasteiger partial charge in [0.25, 0.3) is 5.91 Å². The van der Waals surface area contributed by atoms with Crippen molar-refractivity contribution < 1.29 is 47.6 Å². The largest absolute Gasteiger partial charge is 0.453 e. The summed E-state index contributed by atoms with van der Waals surface area (Å²) in [4.78, 5) is 54.6. The summed E-state index contributed by atoms with van der Waals surface area (Å²) in [5.41, 5.74) is 2.63. The van der Waals surface area contributed by atoms with Crippen LogP contribution in [-0.2, 0) is 49.5 Å². The first-order chi connectivity index (χ1) is 23.6. The maximum absolute atomic E-state index is 12.8. The van der Waals surface area contributed by atoms with Crippen LogP contribution in [0.5, 0.6) is 5.75 Å². The molecule has 1 aliphatic rings. The van der Waals surface area contributed by atoms with E-state index in [9.17, 15) is 24.2 Å². The first kappa shape index (κ1) is 42.1. The fraction of sp³-hybridized carbons (Fsp3) is 0.545. The Bertz CT molecular complexity index is 1530. The maximum atomic E-state index is 12.8. The zero-order chi connectivity index (χ0) is 37.4. The van der Waals surface area contributed by atoms with Crippen molar-refractivity contribution in [2.45, 2.75) is 85.6 Å². The molecule has 0 aliphatic carbocycles. The summed E-state index contributed by atoms with van der Waals surface area (Å²) in [6.07, 6.45) is 3.65. The Morgan fingerprint density at radius 1 is 1.10 bits per heavy atom. The van der Waals surface area contributed by atoms with Gasteiger partial charge in [-0.1, -0.05) is 19.9 Å². The van der Waals surface area contributed by atoms with Crippen LogP contribution in [0.3, 0.4) is 0 Å². The van der Waals surface area contributed by atoms with Crippen molar-refractivity contribution in [1.29, 1.82) is 0 Å². The van der Waals surface area contributed by atoms with Crippen LogP contribution >= 0.6 is 8.60 Å². The number of aryl methyl sites for hydroxylation is 3. The molecule has 278 valence electrons. The molecule has 0 spiro atoms. The van der Waals surface area contributed by atoms with Crippen molar-refractivity contribution in [3.63, 3.8) is 0 Å². The van der Waals surface area contributed by atoms with Crippen LogP contribution in [0, 0.1) is 13.8 Å². The Hall–Kier alpha value is -4.08. The Morgan fingerprint density at radius 2 is 1.78 bits per heavy atom. The lowest BCUT2D eigenvalue weighted by Gasteiger charge is -2.29. The van der Waals surface area contributed by atoms with E-state index < -0.39 is 25.9 Å². The highest BCUT2D eigenvalue weighted by Crippen LogP contribution is 2.42. The number of hydrogen-bond acceptors (Lipinski definition) is 12. The Kier molecular flexibility index (Phi) is 17.3. The molecular formula is C33H51N6O10P. The van der Waals surface area contributed by atoms with Crippen molar-refractivity contribution in [2.75, 3.05) is 32.8 Å². The van der Waals surface area contributed by atoms with E-state index in [-0.39, 0.29) is 31.9 Å². The van der Waals surface area contributed by atoms with Crippen molar-refractivity contribution in [1.82, 2.24) is 24.9 Å². The maximum Gasteiger partial charge on any atom is 0.407 e. The minimum absolute atomic E-state index is 0.0116. The van der Waals surface area contributed by atoms with Crippen LogP contribution < -0.4 is 15.2 Å². The average molecular weight is 723 g/mol. The molecule has 4 rings (SSSR count). The molecule has 1 aromatic carbocycles. The van der Waals surface area contributed by atoms with E-state index in [0.717, 1.165) is 24.3 Å². The fourth-order valence-corrected chi connectivity index (χ4v) is 5.39. The number of carbonyl (C=O) groups is 3. The van der Waals surface area contributed by atoms with Crippen LogP contribution in [0.4, 0.5) is 10.6 Å². The van der Waals surface area contributed by atoms with Gasteiger partial charge in [-0.2, -0.15) is 10.2 Å². The number of alkyl carbamates (subject to hydrolysis) is 1. The second kappa shape index (κ2) is 20.6. The van der Waals surface area contributed by atoms with Crippen molar-refractivity contribution >= 4 is 32.4 Å². The molecule has 3 heterocycles. The highest BCUT2D eigenvalue weighted by molar-refractivity contribution is 7.39.